The summed E-state index contributed by atoms with van der Waals surface area (Å²) in [7, 11) is 5.02. The summed E-state index contributed by atoms with van der Waals surface area (Å²) in [6.07, 6.45) is 1.54. The quantitative estimate of drug-likeness (QED) is 0.239. The molecule has 3 amide bonds. The molecule has 3 aromatic rings. The van der Waals surface area contributed by atoms with Gasteiger partial charge >= 0.3 is 12.0 Å². The average Bonchev–Trinajstić information content (AvgIpc) is 3.44. The second kappa shape index (κ2) is 11.0. The second-order valence-corrected chi connectivity index (χ2v) is 9.12. The van der Waals surface area contributed by atoms with E-state index in [1.54, 1.807) is 30.3 Å². The number of ether oxygens (including phenoxy) is 2. The summed E-state index contributed by atoms with van der Waals surface area (Å²) in [6, 6.07) is 12.9. The maximum atomic E-state index is 13.0. The first-order chi connectivity index (χ1) is 17.7. The lowest BCUT2D eigenvalue weighted by Crippen LogP contribution is -2.30. The number of amides is 3. The van der Waals surface area contributed by atoms with Gasteiger partial charge in [-0.15, -0.1) is 0 Å². The van der Waals surface area contributed by atoms with Gasteiger partial charge < -0.3 is 24.1 Å². The van der Waals surface area contributed by atoms with Crippen LogP contribution in [0.25, 0.3) is 6.08 Å². The highest BCUT2D eigenvalue weighted by molar-refractivity contribution is 6.35. The number of hydrogen-bond acceptors (Lipinski definition) is 7. The fourth-order valence-corrected chi connectivity index (χ4v) is 4.00. The number of hydrogen-bond donors (Lipinski definition) is 1. The Morgan fingerprint density at radius 3 is 2.59 bits per heavy atom. The lowest BCUT2D eigenvalue weighted by molar-refractivity contribution is -0.123. The van der Waals surface area contributed by atoms with E-state index in [0.29, 0.717) is 21.4 Å². The van der Waals surface area contributed by atoms with Gasteiger partial charge in [-0.25, -0.2) is 9.59 Å². The van der Waals surface area contributed by atoms with Crippen molar-refractivity contribution < 1.29 is 28.3 Å². The highest BCUT2D eigenvalue weighted by atomic mass is 35.5. The maximum Gasteiger partial charge on any atom is 0.373 e. The van der Waals surface area contributed by atoms with E-state index in [-0.39, 0.29) is 30.4 Å². The zero-order valence-electron chi connectivity index (χ0n) is 20.2. The summed E-state index contributed by atoms with van der Waals surface area (Å²) in [5.74, 6) is -0.491. The predicted octanol–water partition coefficient (Wildman–Crippen LogP) is 5.11. The number of benzene rings is 2. The first-order valence-electron chi connectivity index (χ1n) is 11.1. The van der Waals surface area contributed by atoms with Crippen LogP contribution in [-0.4, -0.2) is 44.0 Å². The van der Waals surface area contributed by atoms with Crippen molar-refractivity contribution in [2.45, 2.75) is 13.2 Å². The van der Waals surface area contributed by atoms with Crippen LogP contribution < -0.4 is 15.0 Å². The third-order valence-electron chi connectivity index (χ3n) is 5.54. The standard InChI is InChI=1S/C26H23Cl2N3O6/c1-30(2)18-7-5-15(23(12-18)36-14-16-4-6-17(27)11-20(16)28)10-21-24(32)31(26(34)29-21)13-19-8-9-22(37-19)25(33)35-3/h4-12H,13-14H2,1-3H3,(H,29,34)/b21-10-. The Labute approximate surface area is 223 Å². The highest BCUT2D eigenvalue weighted by Gasteiger charge is 2.34. The van der Waals surface area contributed by atoms with Crippen LogP contribution in [0.5, 0.6) is 5.75 Å². The molecule has 1 aliphatic rings. The van der Waals surface area contributed by atoms with Gasteiger partial charge in [0.15, 0.2) is 0 Å². The zero-order chi connectivity index (χ0) is 26.7. The number of halogens is 2. The van der Waals surface area contributed by atoms with Crippen molar-refractivity contribution in [2.24, 2.45) is 0 Å². The molecule has 0 saturated carbocycles. The van der Waals surface area contributed by atoms with Crippen molar-refractivity contribution in [1.82, 2.24) is 10.2 Å². The van der Waals surface area contributed by atoms with Crippen LogP contribution >= 0.6 is 23.2 Å². The van der Waals surface area contributed by atoms with Gasteiger partial charge in [-0.2, -0.15) is 0 Å². The minimum absolute atomic E-state index is 0.0242. The van der Waals surface area contributed by atoms with Crippen molar-refractivity contribution in [3.63, 3.8) is 0 Å². The molecule has 1 N–H and O–H groups in total. The number of carbonyl (C=O) groups excluding carboxylic acids is 3. The number of urea groups is 1. The SMILES string of the molecule is COC(=O)c1ccc(CN2C(=O)N/C(=C\c3ccc(N(C)C)cc3OCc3ccc(Cl)cc3Cl)C2=O)o1. The van der Waals surface area contributed by atoms with E-state index in [0.717, 1.165) is 16.2 Å². The monoisotopic (exact) mass is 543 g/mol. The van der Waals surface area contributed by atoms with Crippen molar-refractivity contribution >= 4 is 52.9 Å². The molecule has 9 nitrogen and oxygen atoms in total. The highest BCUT2D eigenvalue weighted by Crippen LogP contribution is 2.30. The van der Waals surface area contributed by atoms with Crippen molar-refractivity contribution in [2.75, 3.05) is 26.1 Å². The van der Waals surface area contributed by atoms with E-state index in [1.807, 2.05) is 31.1 Å². The Morgan fingerprint density at radius 1 is 1.11 bits per heavy atom. The molecule has 1 aliphatic heterocycles. The van der Waals surface area contributed by atoms with E-state index < -0.39 is 17.9 Å². The third-order valence-corrected chi connectivity index (χ3v) is 6.12. The zero-order valence-corrected chi connectivity index (χ0v) is 21.7. The van der Waals surface area contributed by atoms with Crippen LogP contribution in [-0.2, 0) is 22.7 Å². The molecule has 2 aromatic carbocycles. The number of nitrogens with zero attached hydrogens (tertiary/aromatic N) is 2. The Balaban J connectivity index is 1.57. The van der Waals surface area contributed by atoms with Gasteiger partial charge in [0.2, 0.25) is 5.76 Å². The number of esters is 1. The smallest absolute Gasteiger partial charge is 0.373 e. The molecular formula is C26H23Cl2N3O6. The summed E-state index contributed by atoms with van der Waals surface area (Å²) < 4.78 is 16.1. The van der Waals surface area contributed by atoms with Crippen LogP contribution in [0.3, 0.4) is 0 Å². The van der Waals surface area contributed by atoms with E-state index in [4.69, 9.17) is 32.4 Å². The molecular weight excluding hydrogens is 521 g/mol. The molecule has 0 bridgehead atoms. The van der Waals surface area contributed by atoms with Gasteiger partial charge in [0, 0.05) is 47.0 Å². The van der Waals surface area contributed by atoms with Gasteiger partial charge in [0.1, 0.15) is 23.8 Å². The largest absolute Gasteiger partial charge is 0.488 e. The molecule has 0 aliphatic carbocycles. The molecule has 0 unspecified atom stereocenters. The maximum absolute atomic E-state index is 13.0. The third kappa shape index (κ3) is 5.90. The van der Waals surface area contributed by atoms with Gasteiger partial charge in [-0.1, -0.05) is 29.3 Å². The molecule has 0 radical (unpaired) electrons. The van der Waals surface area contributed by atoms with Crippen LogP contribution in [0.1, 0.15) is 27.4 Å². The number of nitrogens with one attached hydrogen (secondary N) is 1. The molecule has 37 heavy (non-hydrogen) atoms. The summed E-state index contributed by atoms with van der Waals surface area (Å²) in [6.45, 7) is 0.00744. The fraction of sp³-hybridized carbons (Fsp3) is 0.192. The van der Waals surface area contributed by atoms with E-state index >= 15 is 0 Å². The molecule has 0 spiro atoms. The Hall–Kier alpha value is -3.95. The summed E-state index contributed by atoms with van der Waals surface area (Å²) in [5, 5.41) is 3.57. The van der Waals surface area contributed by atoms with Crippen molar-refractivity contribution in [3.8, 4) is 5.75 Å². The molecule has 2 heterocycles. The van der Waals surface area contributed by atoms with Crippen LogP contribution in [0, 0.1) is 0 Å². The fourth-order valence-electron chi connectivity index (χ4n) is 3.54. The minimum Gasteiger partial charge on any atom is -0.488 e. The Kier molecular flexibility index (Phi) is 7.75. The molecule has 1 saturated heterocycles. The van der Waals surface area contributed by atoms with E-state index in [9.17, 15) is 14.4 Å². The van der Waals surface area contributed by atoms with Crippen LogP contribution in [0.15, 0.2) is 58.6 Å². The van der Waals surface area contributed by atoms with Crippen LogP contribution in [0.4, 0.5) is 10.5 Å². The first-order valence-corrected chi connectivity index (χ1v) is 11.8. The van der Waals surface area contributed by atoms with Gasteiger partial charge in [0.05, 0.1) is 13.7 Å². The number of furan rings is 1. The molecule has 4 rings (SSSR count). The average molecular weight is 544 g/mol. The number of methoxy groups -OCH3 is 1. The molecule has 0 atom stereocenters. The van der Waals surface area contributed by atoms with Gasteiger partial charge in [-0.3, -0.25) is 9.69 Å². The number of anilines is 1. The summed E-state index contributed by atoms with van der Waals surface area (Å²) in [5.41, 5.74) is 2.26. The van der Waals surface area contributed by atoms with Gasteiger partial charge in [-0.05, 0) is 42.5 Å². The molecule has 11 heteroatoms. The van der Waals surface area contributed by atoms with E-state index in [2.05, 4.69) is 10.1 Å². The Morgan fingerprint density at radius 2 is 1.89 bits per heavy atom. The van der Waals surface area contributed by atoms with Gasteiger partial charge in [0.25, 0.3) is 5.91 Å². The number of imide groups is 1. The molecule has 1 fully saturated rings. The topological polar surface area (TPSA) is 101 Å². The summed E-state index contributed by atoms with van der Waals surface area (Å²) in [4.78, 5) is 40.1. The Bertz CT molecular complexity index is 1400. The van der Waals surface area contributed by atoms with Crippen molar-refractivity contribution in [1.29, 1.82) is 0 Å². The lowest BCUT2D eigenvalue weighted by Gasteiger charge is -2.17. The predicted molar refractivity (Wildman–Crippen MR) is 139 cm³/mol. The van der Waals surface area contributed by atoms with E-state index in [1.165, 1.54) is 19.2 Å². The number of rotatable bonds is 8. The second-order valence-electron chi connectivity index (χ2n) is 8.28. The normalized spacial score (nSPS) is 14.2. The number of carbonyl (C=O) groups is 3. The van der Waals surface area contributed by atoms with Crippen molar-refractivity contribution in [3.05, 3.63) is 86.9 Å². The minimum atomic E-state index is -0.655. The van der Waals surface area contributed by atoms with Crippen LogP contribution in [0.2, 0.25) is 10.0 Å². The first kappa shape index (κ1) is 26.1. The molecule has 1 aromatic heterocycles. The lowest BCUT2D eigenvalue weighted by atomic mass is 10.1. The summed E-state index contributed by atoms with van der Waals surface area (Å²) >= 11 is 12.3. The molecule has 192 valence electrons.